The minimum Gasteiger partial charge on any atom is -0.319 e. The van der Waals surface area contributed by atoms with E-state index in [2.05, 4.69) is 5.92 Å². The molecule has 1 rings (SSSR count). The van der Waals surface area contributed by atoms with Gasteiger partial charge in [0.25, 0.3) is 0 Å². The third-order valence-electron chi connectivity index (χ3n) is 2.46. The molecule has 1 atom stereocenters. The van der Waals surface area contributed by atoms with Crippen molar-refractivity contribution in [2.75, 3.05) is 11.9 Å². The molecule has 1 amide bonds. The van der Waals surface area contributed by atoms with Crippen LogP contribution in [0.25, 0.3) is 0 Å². The SMILES string of the molecule is C#CCC(N)C(=O)N(C)c1ccccc1C. The van der Waals surface area contributed by atoms with E-state index in [0.29, 0.717) is 0 Å². The zero-order chi connectivity index (χ0) is 12.1. The first-order valence-corrected chi connectivity index (χ1v) is 5.10. The smallest absolute Gasteiger partial charge is 0.244 e. The number of terminal acetylenes is 1. The third-order valence-corrected chi connectivity index (χ3v) is 2.46. The lowest BCUT2D eigenvalue weighted by atomic mass is 10.1. The predicted octanol–water partition coefficient (Wildman–Crippen LogP) is 1.31. The van der Waals surface area contributed by atoms with Gasteiger partial charge in [-0.2, -0.15) is 0 Å². The fourth-order valence-electron chi connectivity index (χ4n) is 1.52. The van der Waals surface area contributed by atoms with Crippen LogP contribution in [0.3, 0.4) is 0 Å². The van der Waals surface area contributed by atoms with Gasteiger partial charge in [0.15, 0.2) is 0 Å². The number of likely N-dealkylation sites (N-methyl/N-ethyl adjacent to an activating group) is 1. The molecule has 0 saturated carbocycles. The highest BCUT2D eigenvalue weighted by atomic mass is 16.2. The van der Waals surface area contributed by atoms with Crippen LogP contribution in [0.15, 0.2) is 24.3 Å². The first kappa shape index (κ1) is 12.3. The Bertz CT molecular complexity index is 420. The molecule has 0 aliphatic rings. The molecule has 0 aliphatic heterocycles. The van der Waals surface area contributed by atoms with Crippen molar-refractivity contribution in [3.63, 3.8) is 0 Å². The molecular weight excluding hydrogens is 200 g/mol. The number of hydrogen-bond donors (Lipinski definition) is 1. The number of rotatable bonds is 3. The lowest BCUT2D eigenvalue weighted by molar-refractivity contribution is -0.119. The monoisotopic (exact) mass is 216 g/mol. The summed E-state index contributed by atoms with van der Waals surface area (Å²) in [5.74, 6) is 2.24. The summed E-state index contributed by atoms with van der Waals surface area (Å²) in [6.45, 7) is 1.95. The van der Waals surface area contributed by atoms with Crippen molar-refractivity contribution in [2.24, 2.45) is 5.73 Å². The molecule has 0 radical (unpaired) electrons. The van der Waals surface area contributed by atoms with E-state index in [9.17, 15) is 4.79 Å². The number of carbonyl (C=O) groups is 1. The second kappa shape index (κ2) is 5.34. The van der Waals surface area contributed by atoms with Crippen LogP contribution >= 0.6 is 0 Å². The minimum atomic E-state index is -0.630. The van der Waals surface area contributed by atoms with Crippen molar-refractivity contribution in [3.05, 3.63) is 29.8 Å². The number of amides is 1. The number of benzene rings is 1. The van der Waals surface area contributed by atoms with Crippen LogP contribution in [0.5, 0.6) is 0 Å². The van der Waals surface area contributed by atoms with Gasteiger partial charge in [0.2, 0.25) is 5.91 Å². The van der Waals surface area contributed by atoms with Gasteiger partial charge in [0.1, 0.15) is 0 Å². The molecule has 1 aromatic rings. The quantitative estimate of drug-likeness (QED) is 0.774. The fraction of sp³-hybridized carbons (Fsp3) is 0.308. The number of nitrogens with two attached hydrogens (primary N) is 1. The fourth-order valence-corrected chi connectivity index (χ4v) is 1.52. The molecule has 0 saturated heterocycles. The van der Waals surface area contributed by atoms with Crippen molar-refractivity contribution < 1.29 is 4.79 Å². The van der Waals surface area contributed by atoms with Crippen LogP contribution in [0.2, 0.25) is 0 Å². The molecule has 0 heterocycles. The molecule has 2 N–H and O–H groups in total. The minimum absolute atomic E-state index is 0.160. The first-order valence-electron chi connectivity index (χ1n) is 5.10. The Morgan fingerprint density at radius 3 is 2.75 bits per heavy atom. The number of carbonyl (C=O) groups excluding carboxylic acids is 1. The molecule has 1 unspecified atom stereocenters. The average Bonchev–Trinajstić information content (AvgIpc) is 2.28. The molecule has 0 aromatic heterocycles. The van der Waals surface area contributed by atoms with E-state index in [-0.39, 0.29) is 12.3 Å². The van der Waals surface area contributed by atoms with E-state index in [1.54, 1.807) is 11.9 Å². The molecule has 0 spiro atoms. The molecule has 16 heavy (non-hydrogen) atoms. The summed E-state index contributed by atoms with van der Waals surface area (Å²) in [5.41, 5.74) is 7.58. The first-order chi connectivity index (χ1) is 7.57. The topological polar surface area (TPSA) is 46.3 Å². The van der Waals surface area contributed by atoms with Crippen LogP contribution in [0.1, 0.15) is 12.0 Å². The molecule has 1 aromatic carbocycles. The van der Waals surface area contributed by atoms with E-state index in [1.807, 2.05) is 31.2 Å². The Morgan fingerprint density at radius 1 is 1.56 bits per heavy atom. The van der Waals surface area contributed by atoms with Crippen LogP contribution in [0, 0.1) is 19.3 Å². The summed E-state index contributed by atoms with van der Waals surface area (Å²) in [5, 5.41) is 0. The van der Waals surface area contributed by atoms with E-state index >= 15 is 0 Å². The summed E-state index contributed by atoms with van der Waals surface area (Å²) in [6.07, 6.45) is 5.39. The summed E-state index contributed by atoms with van der Waals surface area (Å²) >= 11 is 0. The van der Waals surface area contributed by atoms with Crippen molar-refractivity contribution in [1.29, 1.82) is 0 Å². The van der Waals surface area contributed by atoms with Gasteiger partial charge in [-0.25, -0.2) is 0 Å². The van der Waals surface area contributed by atoms with Gasteiger partial charge in [-0.15, -0.1) is 12.3 Å². The zero-order valence-electron chi connectivity index (χ0n) is 9.60. The Hall–Kier alpha value is -1.79. The highest BCUT2D eigenvalue weighted by Gasteiger charge is 2.18. The van der Waals surface area contributed by atoms with E-state index in [0.717, 1.165) is 11.3 Å². The van der Waals surface area contributed by atoms with Crippen LogP contribution < -0.4 is 10.6 Å². The number of hydrogen-bond acceptors (Lipinski definition) is 2. The maximum absolute atomic E-state index is 11.9. The van der Waals surface area contributed by atoms with Crippen LogP contribution in [0.4, 0.5) is 5.69 Å². The van der Waals surface area contributed by atoms with Gasteiger partial charge in [-0.05, 0) is 18.6 Å². The largest absolute Gasteiger partial charge is 0.319 e. The van der Waals surface area contributed by atoms with Gasteiger partial charge in [-0.3, -0.25) is 4.79 Å². The van der Waals surface area contributed by atoms with E-state index in [1.165, 1.54) is 0 Å². The molecule has 3 nitrogen and oxygen atoms in total. The lowest BCUT2D eigenvalue weighted by Gasteiger charge is -2.22. The Labute approximate surface area is 96.2 Å². The molecule has 84 valence electrons. The highest BCUT2D eigenvalue weighted by Crippen LogP contribution is 2.18. The second-order valence-corrected chi connectivity index (χ2v) is 3.70. The Balaban J connectivity index is 2.87. The van der Waals surface area contributed by atoms with Crippen molar-refractivity contribution in [3.8, 4) is 12.3 Å². The molecule has 3 heteroatoms. The number of para-hydroxylation sites is 1. The van der Waals surface area contributed by atoms with Gasteiger partial charge in [-0.1, -0.05) is 18.2 Å². The number of aryl methyl sites for hydroxylation is 1. The molecule has 0 fully saturated rings. The summed E-state index contributed by atoms with van der Waals surface area (Å²) < 4.78 is 0. The number of anilines is 1. The van der Waals surface area contributed by atoms with Crippen molar-refractivity contribution >= 4 is 11.6 Å². The maximum atomic E-state index is 11.9. The van der Waals surface area contributed by atoms with Crippen LogP contribution in [-0.4, -0.2) is 19.0 Å². The van der Waals surface area contributed by atoms with Gasteiger partial charge in [0.05, 0.1) is 6.04 Å². The predicted molar refractivity (Wildman–Crippen MR) is 66.0 cm³/mol. The third kappa shape index (κ3) is 2.62. The Kier molecular flexibility index (Phi) is 4.10. The maximum Gasteiger partial charge on any atom is 0.244 e. The molecule has 0 aliphatic carbocycles. The van der Waals surface area contributed by atoms with Crippen molar-refractivity contribution in [2.45, 2.75) is 19.4 Å². The molecule has 0 bridgehead atoms. The van der Waals surface area contributed by atoms with Gasteiger partial charge >= 0.3 is 0 Å². The standard InChI is InChI=1S/C13H16N2O/c1-4-7-11(14)13(16)15(3)12-9-6-5-8-10(12)2/h1,5-6,8-9,11H,7,14H2,2-3H3. The average molecular weight is 216 g/mol. The Morgan fingerprint density at radius 2 is 2.19 bits per heavy atom. The van der Waals surface area contributed by atoms with Gasteiger partial charge in [0, 0.05) is 19.2 Å². The van der Waals surface area contributed by atoms with Crippen molar-refractivity contribution in [1.82, 2.24) is 0 Å². The van der Waals surface area contributed by atoms with Gasteiger partial charge < -0.3 is 10.6 Å². The second-order valence-electron chi connectivity index (χ2n) is 3.70. The van der Waals surface area contributed by atoms with E-state index < -0.39 is 6.04 Å². The zero-order valence-corrected chi connectivity index (χ0v) is 9.60. The van der Waals surface area contributed by atoms with Crippen LogP contribution in [-0.2, 0) is 4.79 Å². The molecular formula is C13H16N2O. The number of nitrogens with zero attached hydrogens (tertiary/aromatic N) is 1. The summed E-state index contributed by atoms with van der Waals surface area (Å²) in [4.78, 5) is 13.4. The summed E-state index contributed by atoms with van der Waals surface area (Å²) in [6, 6.07) is 7.02. The lowest BCUT2D eigenvalue weighted by Crippen LogP contribution is -2.41. The van der Waals surface area contributed by atoms with E-state index in [4.69, 9.17) is 12.2 Å². The summed E-state index contributed by atoms with van der Waals surface area (Å²) in [7, 11) is 1.71. The highest BCUT2D eigenvalue weighted by molar-refractivity contribution is 5.97. The normalized spacial score (nSPS) is 11.6.